The van der Waals surface area contributed by atoms with Crippen LogP contribution in [0.3, 0.4) is 0 Å². The zero-order valence-electron chi connectivity index (χ0n) is 12.2. The molecule has 21 heavy (non-hydrogen) atoms. The summed E-state index contributed by atoms with van der Waals surface area (Å²) in [5.41, 5.74) is 8.12. The molecule has 2 aromatic rings. The van der Waals surface area contributed by atoms with Crippen molar-refractivity contribution in [3.63, 3.8) is 0 Å². The predicted molar refractivity (Wildman–Crippen MR) is 89.7 cm³/mol. The van der Waals surface area contributed by atoms with E-state index in [9.17, 15) is 0 Å². The Kier molecular flexibility index (Phi) is 5.51. The molecular formula is C17H19Cl2NO. The van der Waals surface area contributed by atoms with Gasteiger partial charge < -0.3 is 10.5 Å². The summed E-state index contributed by atoms with van der Waals surface area (Å²) in [6, 6.07) is 11.5. The van der Waals surface area contributed by atoms with Gasteiger partial charge in [0.2, 0.25) is 0 Å². The SMILES string of the molecule is CCC(N)Cc1cccc(Cl)c1Oc1ccc(C)cc1Cl. The quantitative estimate of drug-likeness (QED) is 0.802. The zero-order chi connectivity index (χ0) is 15.4. The van der Waals surface area contributed by atoms with Gasteiger partial charge in [-0.2, -0.15) is 0 Å². The zero-order valence-corrected chi connectivity index (χ0v) is 13.7. The average Bonchev–Trinajstić information content (AvgIpc) is 2.44. The minimum absolute atomic E-state index is 0.0827. The fraction of sp³-hybridized carbons (Fsp3) is 0.294. The van der Waals surface area contributed by atoms with Gasteiger partial charge in [-0.25, -0.2) is 0 Å². The van der Waals surface area contributed by atoms with Crippen LogP contribution in [0.2, 0.25) is 10.0 Å². The van der Waals surface area contributed by atoms with Crippen LogP contribution in [0.1, 0.15) is 24.5 Å². The molecule has 0 saturated heterocycles. The van der Waals surface area contributed by atoms with Gasteiger partial charge in [0.05, 0.1) is 10.0 Å². The van der Waals surface area contributed by atoms with Crippen molar-refractivity contribution in [2.24, 2.45) is 5.73 Å². The summed E-state index contributed by atoms with van der Waals surface area (Å²) < 4.78 is 5.95. The van der Waals surface area contributed by atoms with Crippen molar-refractivity contribution in [3.05, 3.63) is 57.6 Å². The Labute approximate surface area is 135 Å². The Morgan fingerprint density at radius 1 is 1.14 bits per heavy atom. The molecule has 0 heterocycles. The van der Waals surface area contributed by atoms with E-state index in [1.165, 1.54) is 0 Å². The molecule has 1 unspecified atom stereocenters. The Hall–Kier alpha value is -1.22. The highest BCUT2D eigenvalue weighted by Crippen LogP contribution is 2.36. The number of nitrogens with two attached hydrogens (primary N) is 1. The molecule has 0 aliphatic rings. The van der Waals surface area contributed by atoms with Crippen molar-refractivity contribution in [2.45, 2.75) is 32.7 Å². The molecule has 0 bridgehead atoms. The maximum atomic E-state index is 6.28. The van der Waals surface area contributed by atoms with Gasteiger partial charge in [0.1, 0.15) is 11.5 Å². The van der Waals surface area contributed by atoms with E-state index in [-0.39, 0.29) is 6.04 Å². The molecule has 0 aromatic heterocycles. The maximum Gasteiger partial charge on any atom is 0.149 e. The van der Waals surface area contributed by atoms with Crippen LogP contribution < -0.4 is 10.5 Å². The molecule has 0 saturated carbocycles. The first kappa shape index (κ1) is 16.2. The summed E-state index contributed by atoms with van der Waals surface area (Å²) in [6.45, 7) is 4.05. The van der Waals surface area contributed by atoms with Crippen molar-refractivity contribution in [1.82, 2.24) is 0 Å². The van der Waals surface area contributed by atoms with Crippen LogP contribution in [-0.4, -0.2) is 6.04 Å². The fourth-order valence-corrected chi connectivity index (χ4v) is 2.56. The molecular weight excluding hydrogens is 305 g/mol. The summed E-state index contributed by atoms with van der Waals surface area (Å²) in [5, 5.41) is 1.13. The molecule has 1 atom stereocenters. The summed E-state index contributed by atoms with van der Waals surface area (Å²) >= 11 is 12.5. The van der Waals surface area contributed by atoms with Crippen LogP contribution in [0.5, 0.6) is 11.5 Å². The second-order valence-electron chi connectivity index (χ2n) is 5.14. The van der Waals surface area contributed by atoms with E-state index in [1.807, 2.05) is 37.3 Å². The smallest absolute Gasteiger partial charge is 0.149 e. The number of ether oxygens (including phenoxy) is 1. The van der Waals surface area contributed by atoms with Crippen LogP contribution in [-0.2, 0) is 6.42 Å². The monoisotopic (exact) mass is 323 g/mol. The lowest BCUT2D eigenvalue weighted by molar-refractivity contribution is 0.472. The van der Waals surface area contributed by atoms with Crippen LogP contribution in [0.25, 0.3) is 0 Å². The van der Waals surface area contributed by atoms with Gasteiger partial charge in [-0.3, -0.25) is 0 Å². The highest BCUT2D eigenvalue weighted by atomic mass is 35.5. The first-order valence-electron chi connectivity index (χ1n) is 6.98. The Balaban J connectivity index is 2.34. The third kappa shape index (κ3) is 4.13. The maximum absolute atomic E-state index is 6.28. The van der Waals surface area contributed by atoms with Crippen molar-refractivity contribution < 1.29 is 4.74 Å². The summed E-state index contributed by atoms with van der Waals surface area (Å²) in [7, 11) is 0. The minimum Gasteiger partial charge on any atom is -0.454 e. The number of benzene rings is 2. The minimum atomic E-state index is 0.0827. The summed E-state index contributed by atoms with van der Waals surface area (Å²) in [6.07, 6.45) is 1.62. The van der Waals surface area contributed by atoms with Gasteiger partial charge in [-0.15, -0.1) is 0 Å². The van der Waals surface area contributed by atoms with Crippen molar-refractivity contribution >= 4 is 23.2 Å². The van der Waals surface area contributed by atoms with Crippen LogP contribution in [0, 0.1) is 6.92 Å². The van der Waals surface area contributed by atoms with Crippen molar-refractivity contribution in [1.29, 1.82) is 0 Å². The second-order valence-corrected chi connectivity index (χ2v) is 5.95. The lowest BCUT2D eigenvalue weighted by Gasteiger charge is -2.16. The van der Waals surface area contributed by atoms with Crippen LogP contribution in [0.4, 0.5) is 0 Å². The predicted octanol–water partition coefficient (Wildman–Crippen LogP) is 5.37. The van der Waals surface area contributed by atoms with E-state index in [0.717, 1.165) is 24.0 Å². The summed E-state index contributed by atoms with van der Waals surface area (Å²) in [5.74, 6) is 1.23. The molecule has 112 valence electrons. The molecule has 0 aliphatic carbocycles. The lowest BCUT2D eigenvalue weighted by atomic mass is 10.0. The molecule has 4 heteroatoms. The molecule has 2 nitrogen and oxygen atoms in total. The number of para-hydroxylation sites is 1. The van der Waals surface area contributed by atoms with E-state index in [2.05, 4.69) is 6.92 Å². The van der Waals surface area contributed by atoms with Gasteiger partial charge in [0.15, 0.2) is 0 Å². The average molecular weight is 324 g/mol. The Morgan fingerprint density at radius 3 is 2.57 bits per heavy atom. The fourth-order valence-electron chi connectivity index (χ4n) is 2.05. The molecule has 0 fully saturated rings. The van der Waals surface area contributed by atoms with E-state index in [0.29, 0.717) is 21.5 Å². The first-order valence-corrected chi connectivity index (χ1v) is 7.73. The van der Waals surface area contributed by atoms with Gasteiger partial charge in [-0.1, -0.05) is 48.3 Å². The number of halogens is 2. The highest BCUT2D eigenvalue weighted by Gasteiger charge is 2.13. The molecule has 0 spiro atoms. The van der Waals surface area contributed by atoms with Gasteiger partial charge >= 0.3 is 0 Å². The number of hydrogen-bond donors (Lipinski definition) is 1. The third-order valence-corrected chi connectivity index (χ3v) is 3.95. The van der Waals surface area contributed by atoms with E-state index in [4.69, 9.17) is 33.7 Å². The van der Waals surface area contributed by atoms with Gasteiger partial charge in [0, 0.05) is 6.04 Å². The molecule has 2 rings (SSSR count). The second kappa shape index (κ2) is 7.17. The van der Waals surface area contributed by atoms with Crippen LogP contribution in [0.15, 0.2) is 36.4 Å². The lowest BCUT2D eigenvalue weighted by Crippen LogP contribution is -2.21. The van der Waals surface area contributed by atoms with Crippen molar-refractivity contribution in [3.8, 4) is 11.5 Å². The molecule has 2 aromatic carbocycles. The van der Waals surface area contributed by atoms with E-state index >= 15 is 0 Å². The number of aryl methyl sites for hydroxylation is 1. The third-order valence-electron chi connectivity index (χ3n) is 3.35. The van der Waals surface area contributed by atoms with Crippen LogP contribution >= 0.6 is 23.2 Å². The normalized spacial score (nSPS) is 12.2. The molecule has 0 radical (unpaired) electrons. The Bertz CT molecular complexity index is 628. The molecule has 0 aliphatic heterocycles. The first-order chi connectivity index (χ1) is 10.0. The van der Waals surface area contributed by atoms with Gasteiger partial charge in [0.25, 0.3) is 0 Å². The number of rotatable bonds is 5. The van der Waals surface area contributed by atoms with Gasteiger partial charge in [-0.05, 0) is 49.1 Å². The highest BCUT2D eigenvalue weighted by molar-refractivity contribution is 6.33. The largest absolute Gasteiger partial charge is 0.454 e. The standard InChI is InChI=1S/C17H19Cl2NO/c1-3-13(20)10-12-5-4-6-14(18)17(12)21-16-8-7-11(2)9-15(16)19/h4-9,13H,3,10,20H2,1-2H3. The Morgan fingerprint density at radius 2 is 1.90 bits per heavy atom. The molecule has 0 amide bonds. The molecule has 2 N–H and O–H groups in total. The van der Waals surface area contributed by atoms with E-state index < -0.39 is 0 Å². The topological polar surface area (TPSA) is 35.2 Å². The van der Waals surface area contributed by atoms with E-state index in [1.54, 1.807) is 6.07 Å². The van der Waals surface area contributed by atoms with Crippen molar-refractivity contribution in [2.75, 3.05) is 0 Å². The number of hydrogen-bond acceptors (Lipinski definition) is 2. The summed E-state index contributed by atoms with van der Waals surface area (Å²) in [4.78, 5) is 0.